The number of hydrogen-bond donors (Lipinski definition) is 3. The SMILES string of the molecule is COc1nnc(Cn2cnc(C(F)(F)F)c(Oc3cc(Cl)cc(C#N)c3)c2=O)cc1C(O)C1CC1.N#Cc1cc(Cl)cc(Oc2c(C(F)(F)F)ncn(Cc3cc(C(O)C4CC4)c(=O)[nH]n3)c2=O)c1. The minimum Gasteiger partial charge on any atom is -0.480 e. The van der Waals surface area contributed by atoms with Crippen molar-refractivity contribution in [3.63, 3.8) is 0 Å². The Labute approximate surface area is 393 Å². The molecule has 4 heterocycles. The van der Waals surface area contributed by atoms with Crippen LogP contribution in [0.1, 0.15) is 82.9 Å². The third kappa shape index (κ3) is 11.8. The molecule has 358 valence electrons. The summed E-state index contributed by atoms with van der Waals surface area (Å²) < 4.78 is 98.7. The number of nitriles is 2. The molecule has 4 aromatic heterocycles. The highest BCUT2D eigenvalue weighted by molar-refractivity contribution is 6.31. The average Bonchev–Trinajstić information content (AvgIpc) is 4.23. The molecule has 18 nitrogen and oxygen atoms in total. The van der Waals surface area contributed by atoms with Crippen molar-refractivity contribution in [1.82, 2.24) is 39.5 Å². The van der Waals surface area contributed by atoms with Gasteiger partial charge in [-0.25, -0.2) is 15.1 Å². The molecule has 0 saturated heterocycles. The van der Waals surface area contributed by atoms with E-state index >= 15 is 0 Å². The molecular formula is C43H32Cl2F6N10O8. The number of nitrogens with zero attached hydrogens (tertiary/aromatic N) is 9. The topological polar surface area (TPSA) is 257 Å². The van der Waals surface area contributed by atoms with E-state index in [-0.39, 0.29) is 80.4 Å². The summed E-state index contributed by atoms with van der Waals surface area (Å²) in [4.78, 5) is 44.7. The smallest absolute Gasteiger partial charge is 0.437 e. The van der Waals surface area contributed by atoms with E-state index < -0.39 is 64.1 Å². The van der Waals surface area contributed by atoms with E-state index in [0.29, 0.717) is 11.9 Å². The van der Waals surface area contributed by atoms with E-state index in [9.17, 15) is 50.9 Å². The van der Waals surface area contributed by atoms with E-state index in [4.69, 9.17) is 47.9 Å². The van der Waals surface area contributed by atoms with Crippen LogP contribution >= 0.6 is 23.2 Å². The molecule has 0 amide bonds. The van der Waals surface area contributed by atoms with Crippen LogP contribution in [-0.2, 0) is 25.4 Å². The molecule has 26 heteroatoms. The second-order valence-electron chi connectivity index (χ2n) is 15.5. The van der Waals surface area contributed by atoms with Crippen molar-refractivity contribution in [3.8, 4) is 41.0 Å². The number of aromatic amines is 1. The Morgan fingerprint density at radius 2 is 1.16 bits per heavy atom. The second kappa shape index (κ2) is 20.1. The Morgan fingerprint density at radius 1 is 0.710 bits per heavy atom. The van der Waals surface area contributed by atoms with Crippen LogP contribution in [0.4, 0.5) is 26.3 Å². The van der Waals surface area contributed by atoms with Gasteiger partial charge in [0.25, 0.3) is 16.7 Å². The molecule has 2 atom stereocenters. The van der Waals surface area contributed by atoms with Crippen molar-refractivity contribution in [2.24, 2.45) is 11.8 Å². The van der Waals surface area contributed by atoms with Crippen LogP contribution in [0.5, 0.6) is 28.9 Å². The summed E-state index contributed by atoms with van der Waals surface area (Å²) in [5.74, 6) is -2.60. The first kappa shape index (κ1) is 49.5. The molecule has 6 aromatic rings. The van der Waals surface area contributed by atoms with Gasteiger partial charge in [-0.1, -0.05) is 23.2 Å². The van der Waals surface area contributed by atoms with Gasteiger partial charge >= 0.3 is 12.4 Å². The fourth-order valence-corrected chi connectivity index (χ4v) is 7.14. The number of nitrogens with one attached hydrogen (secondary N) is 1. The number of rotatable bonds is 13. The Bertz CT molecular complexity index is 3200. The summed E-state index contributed by atoms with van der Waals surface area (Å²) in [5.41, 5.74) is -5.27. The summed E-state index contributed by atoms with van der Waals surface area (Å²) in [6.07, 6.45) is -7.27. The number of methoxy groups -OCH3 is 1. The van der Waals surface area contributed by atoms with Crippen molar-refractivity contribution < 1.29 is 50.8 Å². The number of alkyl halides is 6. The summed E-state index contributed by atoms with van der Waals surface area (Å²) in [6.45, 7) is -0.665. The quantitative estimate of drug-likeness (QED) is 0.0982. The summed E-state index contributed by atoms with van der Waals surface area (Å²) in [5, 5.41) is 52.8. The molecule has 0 aliphatic heterocycles. The second-order valence-corrected chi connectivity index (χ2v) is 16.4. The third-order valence-electron chi connectivity index (χ3n) is 10.3. The summed E-state index contributed by atoms with van der Waals surface area (Å²) in [6, 6.07) is 13.5. The molecule has 2 aliphatic rings. The van der Waals surface area contributed by atoms with Crippen LogP contribution in [-0.4, -0.2) is 56.8 Å². The highest BCUT2D eigenvalue weighted by Crippen LogP contribution is 2.43. The van der Waals surface area contributed by atoms with E-state index in [1.807, 2.05) is 0 Å². The molecule has 2 saturated carbocycles. The maximum absolute atomic E-state index is 13.6. The number of benzene rings is 2. The fourth-order valence-electron chi connectivity index (χ4n) is 6.69. The minimum atomic E-state index is -5.01. The molecule has 8 rings (SSSR count). The first-order valence-corrected chi connectivity index (χ1v) is 20.9. The van der Waals surface area contributed by atoms with E-state index in [0.717, 1.165) is 59.3 Å². The molecule has 0 bridgehead atoms. The van der Waals surface area contributed by atoms with Crippen LogP contribution in [0.15, 0.2) is 75.6 Å². The summed E-state index contributed by atoms with van der Waals surface area (Å²) >= 11 is 11.8. The Kier molecular flexibility index (Phi) is 14.4. The normalized spacial score (nSPS) is 14.4. The minimum absolute atomic E-state index is 0.0134. The molecule has 69 heavy (non-hydrogen) atoms. The predicted molar refractivity (Wildman–Crippen MR) is 226 cm³/mol. The Hall–Kier alpha value is -7.38. The number of ether oxygens (including phenoxy) is 3. The molecule has 3 N–H and O–H groups in total. The number of aliphatic hydroxyl groups is 2. The maximum atomic E-state index is 13.6. The van der Waals surface area contributed by atoms with Gasteiger partial charge in [0, 0.05) is 21.2 Å². The zero-order chi connectivity index (χ0) is 49.9. The van der Waals surface area contributed by atoms with E-state index in [1.54, 1.807) is 12.1 Å². The lowest BCUT2D eigenvalue weighted by Crippen LogP contribution is -2.28. The van der Waals surface area contributed by atoms with Crippen molar-refractivity contribution in [3.05, 3.63) is 147 Å². The van der Waals surface area contributed by atoms with Crippen molar-refractivity contribution in [1.29, 1.82) is 10.5 Å². The lowest BCUT2D eigenvalue weighted by molar-refractivity contribution is -0.143. The molecule has 0 spiro atoms. The lowest BCUT2D eigenvalue weighted by Gasteiger charge is -2.16. The van der Waals surface area contributed by atoms with Crippen molar-refractivity contribution >= 4 is 23.2 Å². The van der Waals surface area contributed by atoms with Crippen molar-refractivity contribution in [2.45, 2.75) is 63.3 Å². The Balaban J connectivity index is 0.000000204. The zero-order valence-corrected chi connectivity index (χ0v) is 36.7. The lowest BCUT2D eigenvalue weighted by atomic mass is 10.1. The first-order chi connectivity index (χ1) is 32.7. The number of hydrogen-bond acceptors (Lipinski definition) is 15. The zero-order valence-electron chi connectivity index (χ0n) is 35.2. The van der Waals surface area contributed by atoms with Crippen LogP contribution < -0.4 is 30.9 Å². The summed E-state index contributed by atoms with van der Waals surface area (Å²) in [7, 11) is 1.37. The van der Waals surface area contributed by atoms with Gasteiger partial charge < -0.3 is 24.4 Å². The van der Waals surface area contributed by atoms with E-state index in [2.05, 4.69) is 30.4 Å². The highest BCUT2D eigenvalue weighted by Gasteiger charge is 2.40. The molecule has 2 aromatic carbocycles. The predicted octanol–water partition coefficient (Wildman–Crippen LogP) is 7.02. The van der Waals surface area contributed by atoms with Gasteiger partial charge in [0.15, 0.2) is 11.4 Å². The van der Waals surface area contributed by atoms with Gasteiger partial charge in [-0.2, -0.15) is 42.0 Å². The van der Waals surface area contributed by atoms with Gasteiger partial charge in [-0.3, -0.25) is 23.5 Å². The number of H-pyrrole nitrogens is 1. The van der Waals surface area contributed by atoms with Gasteiger partial charge in [-0.05, 0) is 86.1 Å². The monoisotopic (exact) mass is 1000 g/mol. The number of aromatic nitrogens is 8. The molecular weight excluding hydrogens is 969 g/mol. The molecule has 0 radical (unpaired) electrons. The average molecular weight is 1000 g/mol. The van der Waals surface area contributed by atoms with Gasteiger partial charge in [0.2, 0.25) is 17.4 Å². The van der Waals surface area contributed by atoms with Crippen LogP contribution in [0, 0.1) is 34.5 Å². The largest absolute Gasteiger partial charge is 0.480 e. The fraction of sp³-hybridized carbons (Fsp3) is 0.302. The standard InChI is InChI=1S/C22H17ClF3N5O4.C21H15ClF3N5O4/c1-34-20-16(17(32)12-2-3-12)7-14(29-30-20)9-31-10-28-19(22(24,25)26)18(21(31)33)35-15-5-11(8-27)4-13(23)6-15;22-12-3-10(7-26)4-14(5-12)34-17-18(21(23,24)25)27-9-30(20(17)33)8-13-6-15(19(32)29-28-13)16(31)11-1-2-11/h4-7,10,12,17,32H,2-3,9H2,1H3;3-6,9,11,16,31H,1-2,8H2,(H,29,32). The van der Waals surface area contributed by atoms with Crippen LogP contribution in [0.2, 0.25) is 10.0 Å². The van der Waals surface area contributed by atoms with E-state index in [1.165, 1.54) is 37.4 Å². The van der Waals surface area contributed by atoms with Crippen LogP contribution in [0.3, 0.4) is 0 Å². The Morgan fingerprint density at radius 3 is 1.59 bits per heavy atom. The van der Waals surface area contributed by atoms with Crippen LogP contribution in [0.25, 0.3) is 0 Å². The maximum Gasteiger partial charge on any atom is 0.437 e. The van der Waals surface area contributed by atoms with Crippen molar-refractivity contribution in [2.75, 3.05) is 7.11 Å². The first-order valence-electron chi connectivity index (χ1n) is 20.1. The number of aliphatic hydroxyl groups excluding tert-OH is 2. The highest BCUT2D eigenvalue weighted by atomic mass is 35.5. The molecule has 2 unspecified atom stereocenters. The van der Waals surface area contributed by atoms with Gasteiger partial charge in [-0.15, -0.1) is 10.2 Å². The van der Waals surface area contributed by atoms with Gasteiger partial charge in [0.1, 0.15) is 11.5 Å². The molecule has 2 aliphatic carbocycles. The number of halogens is 8. The molecule has 2 fully saturated rings. The third-order valence-corrected chi connectivity index (χ3v) is 10.8. The van der Waals surface area contributed by atoms with Gasteiger partial charge in [0.05, 0.1) is 79.7 Å².